The molecule has 0 radical (unpaired) electrons. The van der Waals surface area contributed by atoms with Crippen molar-refractivity contribution < 1.29 is 9.53 Å². The Kier molecular flexibility index (Phi) is 3.42. The Hall–Kier alpha value is -2.94. The zero-order valence-corrected chi connectivity index (χ0v) is 13.1. The van der Waals surface area contributed by atoms with E-state index < -0.39 is 11.7 Å². The largest absolute Gasteiger partial charge is 0.378 e. The van der Waals surface area contributed by atoms with E-state index in [0.717, 1.165) is 26.0 Å². The van der Waals surface area contributed by atoms with E-state index in [0.29, 0.717) is 32.0 Å². The van der Waals surface area contributed by atoms with Crippen LogP contribution < -0.4 is 5.69 Å². The van der Waals surface area contributed by atoms with Crippen LogP contribution in [0, 0.1) is 6.92 Å². The quantitative estimate of drug-likeness (QED) is 0.657. The number of hydrogen-bond donors (Lipinski definition) is 1. The number of H-pyrrole nitrogens is 1. The zero-order valence-electron chi connectivity index (χ0n) is 13.1. The molecular weight excluding hydrogens is 312 g/mol. The van der Waals surface area contributed by atoms with Gasteiger partial charge in [-0.25, -0.2) is 9.59 Å². The van der Waals surface area contributed by atoms with E-state index in [1.54, 1.807) is 6.07 Å². The van der Waals surface area contributed by atoms with Crippen LogP contribution in [0.5, 0.6) is 0 Å². The van der Waals surface area contributed by atoms with E-state index in [1.165, 1.54) is 4.90 Å². The number of carbonyl (C=O) groups is 1. The first-order valence-corrected chi connectivity index (χ1v) is 7.65. The van der Waals surface area contributed by atoms with Crippen LogP contribution in [-0.2, 0) is 4.74 Å². The van der Waals surface area contributed by atoms with E-state index in [2.05, 4.69) is 15.4 Å². The summed E-state index contributed by atoms with van der Waals surface area (Å²) in [6.07, 6.45) is 0. The molecule has 1 aliphatic heterocycles. The Labute approximate surface area is 136 Å². The highest BCUT2D eigenvalue weighted by Crippen LogP contribution is 2.18. The average Bonchev–Trinajstić information content (AvgIpc) is 3.16. The van der Waals surface area contributed by atoms with Gasteiger partial charge in [0.1, 0.15) is 0 Å². The Morgan fingerprint density at radius 2 is 2.00 bits per heavy atom. The fourth-order valence-corrected chi connectivity index (χ4v) is 2.81. The van der Waals surface area contributed by atoms with Crippen molar-refractivity contribution in [3.63, 3.8) is 0 Å². The number of aromatic amines is 1. The monoisotopic (exact) mass is 328 g/mol. The van der Waals surface area contributed by atoms with Crippen LogP contribution in [-0.4, -0.2) is 62.0 Å². The van der Waals surface area contributed by atoms with Gasteiger partial charge in [-0.2, -0.15) is 4.68 Å². The molecule has 1 amide bonds. The molecular formula is C15H16N6O3. The molecule has 2 aromatic heterocycles. The molecule has 24 heavy (non-hydrogen) atoms. The van der Waals surface area contributed by atoms with Crippen molar-refractivity contribution in [3.8, 4) is 5.69 Å². The number of aromatic nitrogens is 5. The highest BCUT2D eigenvalue weighted by Gasteiger charge is 2.23. The number of morpholine rings is 1. The number of ether oxygens (including phenoxy) is 1. The molecule has 3 aromatic rings. The molecule has 4 rings (SSSR count). The molecule has 0 spiro atoms. The Morgan fingerprint density at radius 3 is 2.79 bits per heavy atom. The Balaban J connectivity index is 1.70. The second-order valence-corrected chi connectivity index (χ2v) is 5.69. The average molecular weight is 328 g/mol. The number of carbonyl (C=O) groups excluding carboxylic acids is 1. The molecule has 0 unspecified atom stereocenters. The van der Waals surface area contributed by atoms with Crippen molar-refractivity contribution >= 4 is 16.9 Å². The minimum Gasteiger partial charge on any atom is -0.378 e. The van der Waals surface area contributed by atoms with Gasteiger partial charge in [-0.3, -0.25) is 0 Å². The lowest BCUT2D eigenvalue weighted by Gasteiger charge is -2.25. The normalized spacial score (nSPS) is 15.1. The van der Waals surface area contributed by atoms with E-state index in [-0.39, 0.29) is 0 Å². The highest BCUT2D eigenvalue weighted by atomic mass is 16.5. The summed E-state index contributed by atoms with van der Waals surface area (Å²) in [4.78, 5) is 29.6. The van der Waals surface area contributed by atoms with Crippen LogP contribution in [0.4, 0.5) is 4.79 Å². The Bertz CT molecular complexity index is 963. The lowest BCUT2D eigenvalue weighted by molar-refractivity contribution is 0.0525. The number of amides is 1. The van der Waals surface area contributed by atoms with Crippen molar-refractivity contribution in [2.45, 2.75) is 6.92 Å². The molecule has 0 aliphatic carbocycles. The summed E-state index contributed by atoms with van der Waals surface area (Å²) < 4.78 is 7.12. The van der Waals surface area contributed by atoms with Crippen LogP contribution >= 0.6 is 0 Å². The van der Waals surface area contributed by atoms with Crippen LogP contribution in [0.15, 0.2) is 29.1 Å². The number of benzene rings is 1. The van der Waals surface area contributed by atoms with Gasteiger partial charge in [0.2, 0.25) is 0 Å². The van der Waals surface area contributed by atoms with E-state index in [1.807, 2.05) is 25.1 Å². The number of aryl methyl sites for hydroxylation is 1. The van der Waals surface area contributed by atoms with E-state index in [4.69, 9.17) is 4.74 Å². The van der Waals surface area contributed by atoms with Crippen molar-refractivity contribution in [1.29, 1.82) is 0 Å². The summed E-state index contributed by atoms with van der Waals surface area (Å²) in [7, 11) is 0. The molecule has 1 aromatic carbocycles. The van der Waals surface area contributed by atoms with Crippen LogP contribution in [0.1, 0.15) is 5.69 Å². The Morgan fingerprint density at radius 1 is 1.21 bits per heavy atom. The fraction of sp³-hybridized carbons (Fsp3) is 0.333. The van der Waals surface area contributed by atoms with Gasteiger partial charge in [-0.15, -0.1) is 4.68 Å². The lowest BCUT2D eigenvalue weighted by atomic mass is 10.2. The zero-order chi connectivity index (χ0) is 16.7. The van der Waals surface area contributed by atoms with E-state index >= 15 is 0 Å². The number of tetrazole rings is 1. The molecule has 9 heteroatoms. The molecule has 0 saturated carbocycles. The smallest absolute Gasteiger partial charge is 0.377 e. The first kappa shape index (κ1) is 14.6. The summed E-state index contributed by atoms with van der Waals surface area (Å²) in [6, 6.07) is 6.96. The number of hydrogen-bond acceptors (Lipinski definition) is 5. The maximum absolute atomic E-state index is 12.5. The summed E-state index contributed by atoms with van der Waals surface area (Å²) in [6.45, 7) is 3.75. The molecule has 0 bridgehead atoms. The summed E-state index contributed by atoms with van der Waals surface area (Å²) >= 11 is 0. The van der Waals surface area contributed by atoms with Gasteiger partial charge in [-0.1, -0.05) is 0 Å². The van der Waals surface area contributed by atoms with E-state index in [9.17, 15) is 9.59 Å². The standard InChI is InChI=1S/C15H16N6O3/c1-10-8-11-9-12(2-3-13(11)16-10)20-15(23)21(18-17-20)14(22)19-4-6-24-7-5-19/h2-3,8-9,16H,4-7H2,1H3. The summed E-state index contributed by atoms with van der Waals surface area (Å²) in [5.74, 6) is 0. The second-order valence-electron chi connectivity index (χ2n) is 5.69. The molecule has 1 aliphatic rings. The number of nitrogens with zero attached hydrogens (tertiary/aromatic N) is 5. The van der Waals surface area contributed by atoms with Crippen molar-refractivity contribution in [1.82, 2.24) is 29.7 Å². The number of fused-ring (bicyclic) bond motifs is 1. The van der Waals surface area contributed by atoms with Gasteiger partial charge in [0.15, 0.2) is 0 Å². The third-order valence-electron chi connectivity index (χ3n) is 4.03. The van der Waals surface area contributed by atoms with Gasteiger partial charge < -0.3 is 14.6 Å². The van der Waals surface area contributed by atoms with Gasteiger partial charge in [0.05, 0.1) is 18.9 Å². The summed E-state index contributed by atoms with van der Waals surface area (Å²) in [5.41, 5.74) is 1.98. The summed E-state index contributed by atoms with van der Waals surface area (Å²) in [5, 5.41) is 8.54. The molecule has 124 valence electrons. The van der Waals surface area contributed by atoms with Crippen LogP contribution in [0.25, 0.3) is 16.6 Å². The fourth-order valence-electron chi connectivity index (χ4n) is 2.81. The van der Waals surface area contributed by atoms with Crippen molar-refractivity contribution in [3.05, 3.63) is 40.4 Å². The van der Waals surface area contributed by atoms with Crippen LogP contribution in [0.2, 0.25) is 0 Å². The lowest BCUT2D eigenvalue weighted by Crippen LogP contribution is -2.46. The molecule has 0 atom stereocenters. The van der Waals surface area contributed by atoms with Gasteiger partial charge in [0, 0.05) is 29.7 Å². The third-order valence-corrected chi connectivity index (χ3v) is 4.03. The van der Waals surface area contributed by atoms with Crippen molar-refractivity contribution in [2.24, 2.45) is 0 Å². The van der Waals surface area contributed by atoms with Gasteiger partial charge in [0.25, 0.3) is 0 Å². The maximum Gasteiger partial charge on any atom is 0.377 e. The predicted octanol–water partition coefficient (Wildman–Crippen LogP) is 0.519. The molecule has 1 N–H and O–H groups in total. The topological polar surface area (TPSA) is 98.0 Å². The molecule has 1 fully saturated rings. The van der Waals surface area contributed by atoms with Crippen molar-refractivity contribution in [2.75, 3.05) is 26.3 Å². The molecule has 1 saturated heterocycles. The van der Waals surface area contributed by atoms with Gasteiger partial charge >= 0.3 is 11.7 Å². The maximum atomic E-state index is 12.5. The minimum atomic E-state index is -0.585. The predicted molar refractivity (Wildman–Crippen MR) is 85.4 cm³/mol. The molecule has 9 nitrogen and oxygen atoms in total. The first-order valence-electron chi connectivity index (χ1n) is 7.65. The molecule has 3 heterocycles. The number of nitrogens with one attached hydrogen (secondary N) is 1. The number of rotatable bonds is 1. The van der Waals surface area contributed by atoms with Crippen LogP contribution in [0.3, 0.4) is 0 Å². The third kappa shape index (κ3) is 2.38. The minimum absolute atomic E-state index is 0.437. The second kappa shape index (κ2) is 5.60. The highest BCUT2D eigenvalue weighted by molar-refractivity contribution is 5.82. The SMILES string of the molecule is Cc1cc2cc(-n3nnn(C(=O)N4CCOCC4)c3=O)ccc2[nH]1. The van der Waals surface area contributed by atoms with Gasteiger partial charge in [-0.05, 0) is 41.6 Å². The first-order chi connectivity index (χ1) is 11.6.